The molecule has 23 heavy (non-hydrogen) atoms. The molecular formula is C20H30N2O. The van der Waals surface area contributed by atoms with E-state index in [1.54, 1.807) is 0 Å². The normalized spacial score (nSPS) is 22.3. The molecule has 0 unspecified atom stereocenters. The first kappa shape index (κ1) is 15.3. The van der Waals surface area contributed by atoms with Crippen molar-refractivity contribution in [2.45, 2.75) is 83.7 Å². The van der Waals surface area contributed by atoms with E-state index in [0.717, 1.165) is 18.0 Å². The molecule has 1 aromatic rings. The van der Waals surface area contributed by atoms with Gasteiger partial charge in [-0.1, -0.05) is 19.3 Å². The zero-order chi connectivity index (χ0) is 16.0. The summed E-state index contributed by atoms with van der Waals surface area (Å²) in [5.41, 5.74) is 3.46. The fraction of sp³-hybridized carbons (Fsp3) is 0.750. The standard InChI is InChI=1S/C20H30N2O/c1-14-12-19(15(2)22(14)18-6-4-3-5-7-18)20(23)21(17-10-11-17)13-16-8-9-16/h12,16-18H,3-11,13H2,1-2H3. The van der Waals surface area contributed by atoms with Crippen molar-refractivity contribution in [3.05, 3.63) is 23.0 Å². The predicted octanol–water partition coefficient (Wildman–Crippen LogP) is 4.62. The minimum absolute atomic E-state index is 0.301. The Balaban J connectivity index is 1.58. The third-order valence-electron chi connectivity index (χ3n) is 6.05. The van der Waals surface area contributed by atoms with E-state index >= 15 is 0 Å². The van der Waals surface area contributed by atoms with Crippen molar-refractivity contribution in [2.75, 3.05) is 6.54 Å². The lowest BCUT2D eigenvalue weighted by Gasteiger charge is -2.27. The van der Waals surface area contributed by atoms with Crippen molar-refractivity contribution >= 4 is 5.91 Å². The molecule has 1 aromatic heterocycles. The minimum Gasteiger partial charge on any atom is -0.345 e. The van der Waals surface area contributed by atoms with E-state index in [4.69, 9.17) is 0 Å². The molecule has 4 rings (SSSR count). The lowest BCUT2D eigenvalue weighted by molar-refractivity contribution is 0.0733. The van der Waals surface area contributed by atoms with Crippen LogP contribution in [0.25, 0.3) is 0 Å². The summed E-state index contributed by atoms with van der Waals surface area (Å²) >= 11 is 0. The van der Waals surface area contributed by atoms with Crippen LogP contribution in [0.3, 0.4) is 0 Å². The lowest BCUT2D eigenvalue weighted by atomic mass is 9.95. The highest BCUT2D eigenvalue weighted by molar-refractivity contribution is 5.96. The van der Waals surface area contributed by atoms with Gasteiger partial charge < -0.3 is 9.47 Å². The molecule has 1 amide bonds. The van der Waals surface area contributed by atoms with Gasteiger partial charge in [-0.15, -0.1) is 0 Å². The lowest BCUT2D eigenvalue weighted by Crippen LogP contribution is -2.35. The molecule has 3 heteroatoms. The van der Waals surface area contributed by atoms with Gasteiger partial charge in [0.15, 0.2) is 0 Å². The third-order valence-corrected chi connectivity index (χ3v) is 6.05. The second kappa shape index (κ2) is 5.99. The highest BCUT2D eigenvalue weighted by atomic mass is 16.2. The first-order valence-electron chi connectivity index (χ1n) is 9.64. The first-order valence-corrected chi connectivity index (χ1v) is 9.64. The zero-order valence-corrected chi connectivity index (χ0v) is 14.7. The van der Waals surface area contributed by atoms with Gasteiger partial charge in [-0.05, 0) is 64.4 Å². The molecule has 1 heterocycles. The van der Waals surface area contributed by atoms with Crippen LogP contribution in [0.15, 0.2) is 6.07 Å². The maximum atomic E-state index is 13.2. The highest BCUT2D eigenvalue weighted by Crippen LogP contribution is 2.37. The molecule has 0 aliphatic heterocycles. The largest absolute Gasteiger partial charge is 0.345 e. The molecule has 0 aromatic carbocycles. The van der Waals surface area contributed by atoms with Gasteiger partial charge in [0, 0.05) is 30.0 Å². The summed E-state index contributed by atoms with van der Waals surface area (Å²) in [5.74, 6) is 1.08. The number of carbonyl (C=O) groups is 1. The fourth-order valence-corrected chi connectivity index (χ4v) is 4.41. The van der Waals surface area contributed by atoms with Gasteiger partial charge in [0.05, 0.1) is 5.56 Å². The van der Waals surface area contributed by atoms with Crippen LogP contribution in [-0.2, 0) is 0 Å². The molecule has 126 valence electrons. The average molecular weight is 314 g/mol. The number of amides is 1. The Kier molecular flexibility index (Phi) is 3.98. The molecule has 3 aliphatic carbocycles. The van der Waals surface area contributed by atoms with Gasteiger partial charge >= 0.3 is 0 Å². The summed E-state index contributed by atoms with van der Waals surface area (Å²) in [7, 11) is 0. The summed E-state index contributed by atoms with van der Waals surface area (Å²) in [6.07, 6.45) is 11.6. The zero-order valence-electron chi connectivity index (χ0n) is 14.7. The minimum atomic E-state index is 0.301. The molecular weight excluding hydrogens is 284 g/mol. The second-order valence-corrected chi connectivity index (χ2v) is 8.08. The van der Waals surface area contributed by atoms with Crippen LogP contribution in [0.2, 0.25) is 0 Å². The van der Waals surface area contributed by atoms with Gasteiger partial charge in [0.25, 0.3) is 5.91 Å². The average Bonchev–Trinajstić information content (AvgIpc) is 3.45. The Bertz CT molecular complexity index is 589. The van der Waals surface area contributed by atoms with Crippen LogP contribution in [0.4, 0.5) is 0 Å². The van der Waals surface area contributed by atoms with Crippen molar-refractivity contribution in [3.8, 4) is 0 Å². The van der Waals surface area contributed by atoms with Crippen LogP contribution in [0.1, 0.15) is 85.6 Å². The Hall–Kier alpha value is -1.25. The number of aromatic nitrogens is 1. The fourth-order valence-electron chi connectivity index (χ4n) is 4.41. The maximum Gasteiger partial charge on any atom is 0.255 e. The van der Waals surface area contributed by atoms with Gasteiger partial charge in [-0.3, -0.25) is 4.79 Å². The molecule has 0 bridgehead atoms. The molecule has 0 N–H and O–H groups in total. The van der Waals surface area contributed by atoms with Crippen molar-refractivity contribution in [1.29, 1.82) is 0 Å². The SMILES string of the molecule is Cc1cc(C(=O)N(CC2CC2)C2CC2)c(C)n1C1CCCCC1. The Morgan fingerprint density at radius 2 is 1.78 bits per heavy atom. The summed E-state index contributed by atoms with van der Waals surface area (Å²) in [5, 5.41) is 0. The number of hydrogen-bond acceptors (Lipinski definition) is 1. The Morgan fingerprint density at radius 3 is 2.39 bits per heavy atom. The molecule has 3 aliphatic rings. The summed E-state index contributed by atoms with van der Waals surface area (Å²) in [4.78, 5) is 15.4. The van der Waals surface area contributed by atoms with Gasteiger partial charge in [-0.25, -0.2) is 0 Å². The van der Waals surface area contributed by atoms with Crippen LogP contribution in [-0.4, -0.2) is 28.0 Å². The molecule has 3 nitrogen and oxygen atoms in total. The molecule has 3 saturated carbocycles. The Morgan fingerprint density at radius 1 is 1.09 bits per heavy atom. The maximum absolute atomic E-state index is 13.2. The monoisotopic (exact) mass is 314 g/mol. The number of aryl methyl sites for hydroxylation is 1. The first-order chi connectivity index (χ1) is 11.1. The van der Waals surface area contributed by atoms with Crippen molar-refractivity contribution in [1.82, 2.24) is 9.47 Å². The molecule has 0 spiro atoms. The van der Waals surface area contributed by atoms with E-state index in [0.29, 0.717) is 18.0 Å². The van der Waals surface area contributed by atoms with Gasteiger partial charge in [-0.2, -0.15) is 0 Å². The Labute approximate surface area is 140 Å². The predicted molar refractivity (Wildman–Crippen MR) is 92.8 cm³/mol. The van der Waals surface area contributed by atoms with E-state index in [1.165, 1.54) is 69.2 Å². The van der Waals surface area contributed by atoms with Gasteiger partial charge in [0.2, 0.25) is 0 Å². The second-order valence-electron chi connectivity index (χ2n) is 8.08. The molecule has 0 radical (unpaired) electrons. The number of rotatable bonds is 5. The van der Waals surface area contributed by atoms with Crippen LogP contribution in [0.5, 0.6) is 0 Å². The van der Waals surface area contributed by atoms with Gasteiger partial charge in [0.1, 0.15) is 0 Å². The number of hydrogen-bond donors (Lipinski definition) is 0. The molecule has 0 saturated heterocycles. The molecule has 0 atom stereocenters. The van der Waals surface area contributed by atoms with E-state index in [9.17, 15) is 4.79 Å². The van der Waals surface area contributed by atoms with Crippen molar-refractivity contribution in [3.63, 3.8) is 0 Å². The van der Waals surface area contributed by atoms with E-state index in [-0.39, 0.29) is 0 Å². The number of carbonyl (C=O) groups excluding carboxylic acids is 1. The number of nitrogens with zero attached hydrogens (tertiary/aromatic N) is 2. The third kappa shape index (κ3) is 3.07. The van der Waals surface area contributed by atoms with Crippen LogP contribution < -0.4 is 0 Å². The van der Waals surface area contributed by atoms with E-state index in [2.05, 4.69) is 29.4 Å². The van der Waals surface area contributed by atoms with Crippen LogP contribution in [0, 0.1) is 19.8 Å². The topological polar surface area (TPSA) is 25.2 Å². The van der Waals surface area contributed by atoms with Crippen LogP contribution >= 0.6 is 0 Å². The summed E-state index contributed by atoms with van der Waals surface area (Å²) in [6.45, 7) is 5.34. The van der Waals surface area contributed by atoms with Crippen molar-refractivity contribution < 1.29 is 4.79 Å². The smallest absolute Gasteiger partial charge is 0.255 e. The van der Waals surface area contributed by atoms with Crippen molar-refractivity contribution in [2.24, 2.45) is 5.92 Å². The quantitative estimate of drug-likeness (QED) is 0.778. The summed E-state index contributed by atoms with van der Waals surface area (Å²) < 4.78 is 2.47. The highest BCUT2D eigenvalue weighted by Gasteiger charge is 2.38. The van der Waals surface area contributed by atoms with E-state index in [1.807, 2.05) is 0 Å². The molecule has 3 fully saturated rings. The summed E-state index contributed by atoms with van der Waals surface area (Å²) in [6, 6.07) is 3.30. The van der Waals surface area contributed by atoms with E-state index < -0.39 is 0 Å².